The number of fused-ring (bicyclic) bond motifs is 1. The highest BCUT2D eigenvalue weighted by Gasteiger charge is 2.38. The summed E-state index contributed by atoms with van der Waals surface area (Å²) >= 11 is 0. The summed E-state index contributed by atoms with van der Waals surface area (Å²) in [5.41, 5.74) is 8.84. The molecule has 0 radical (unpaired) electrons. The van der Waals surface area contributed by atoms with Gasteiger partial charge in [0.2, 0.25) is 11.9 Å². The van der Waals surface area contributed by atoms with Crippen molar-refractivity contribution in [3.8, 4) is 11.3 Å². The molecule has 0 saturated carbocycles. The molecule has 3 atom stereocenters. The van der Waals surface area contributed by atoms with Gasteiger partial charge in [0.1, 0.15) is 11.6 Å². The lowest BCUT2D eigenvalue weighted by molar-refractivity contribution is -0.128. The summed E-state index contributed by atoms with van der Waals surface area (Å²) in [5, 5.41) is 7.81. The predicted octanol–water partition coefficient (Wildman–Crippen LogP) is 3.79. The number of hydrogen-bond acceptors (Lipinski definition) is 9. The number of methoxy groups -OCH3 is 1. The lowest BCUT2D eigenvalue weighted by Crippen LogP contribution is -2.62. The lowest BCUT2D eigenvalue weighted by atomic mass is 9.89. The molecule has 0 aliphatic carbocycles. The number of nitrogens with one attached hydrogen (secondary N) is 1. The Balaban J connectivity index is 1.26. The van der Waals surface area contributed by atoms with Gasteiger partial charge < -0.3 is 30.5 Å². The number of anilines is 3. The SMILES string of the molecule is COC(=O)N(C)C1C(C)CN(c2ccncc2Nc2ncc3ccc(-c4c(F)cc(CN5CCCC5=O)cc4F)nn23)CC1N. The number of ether oxygens (including phenoxy) is 1. The fraction of sp³-hybridized carbons (Fsp3) is 0.387. The van der Waals surface area contributed by atoms with Crippen molar-refractivity contribution in [2.24, 2.45) is 11.7 Å². The van der Waals surface area contributed by atoms with Crippen molar-refractivity contribution < 1.29 is 23.1 Å². The second-order valence-corrected chi connectivity index (χ2v) is 11.6. The first-order valence-corrected chi connectivity index (χ1v) is 14.8. The van der Waals surface area contributed by atoms with E-state index in [-0.39, 0.29) is 41.7 Å². The smallest absolute Gasteiger partial charge is 0.409 e. The zero-order valence-electron chi connectivity index (χ0n) is 25.3. The van der Waals surface area contributed by atoms with Crippen LogP contribution in [-0.2, 0) is 16.1 Å². The normalized spacial score (nSPS) is 20.1. The largest absolute Gasteiger partial charge is 0.453 e. The van der Waals surface area contributed by atoms with Gasteiger partial charge in [0.05, 0.1) is 53.7 Å². The van der Waals surface area contributed by atoms with E-state index in [1.807, 2.05) is 13.0 Å². The van der Waals surface area contributed by atoms with E-state index in [0.29, 0.717) is 48.8 Å². The van der Waals surface area contributed by atoms with Gasteiger partial charge in [-0.15, -0.1) is 0 Å². The molecule has 2 amide bonds. The third kappa shape index (κ3) is 5.84. The van der Waals surface area contributed by atoms with E-state index < -0.39 is 17.7 Å². The molecular weight excluding hydrogens is 584 g/mol. The van der Waals surface area contributed by atoms with E-state index in [1.165, 1.54) is 23.8 Å². The molecule has 2 saturated heterocycles. The van der Waals surface area contributed by atoms with Crippen LogP contribution < -0.4 is 16.0 Å². The maximum absolute atomic E-state index is 15.3. The molecule has 5 heterocycles. The summed E-state index contributed by atoms with van der Waals surface area (Å²) in [6, 6.07) is 7.04. The molecule has 1 aromatic carbocycles. The van der Waals surface area contributed by atoms with Gasteiger partial charge >= 0.3 is 6.09 Å². The lowest BCUT2D eigenvalue weighted by Gasteiger charge is -2.45. The van der Waals surface area contributed by atoms with E-state index >= 15 is 8.78 Å². The quantitative estimate of drug-likeness (QED) is 0.317. The van der Waals surface area contributed by atoms with Crippen LogP contribution in [0.4, 0.5) is 30.9 Å². The maximum atomic E-state index is 15.3. The number of piperidine rings is 1. The number of benzene rings is 1. The van der Waals surface area contributed by atoms with Gasteiger partial charge in [-0.25, -0.2) is 18.6 Å². The van der Waals surface area contributed by atoms with Crippen molar-refractivity contribution in [3.63, 3.8) is 0 Å². The Kier molecular flexibility index (Phi) is 8.23. The molecule has 3 aromatic heterocycles. The second-order valence-electron chi connectivity index (χ2n) is 11.6. The van der Waals surface area contributed by atoms with E-state index in [0.717, 1.165) is 12.1 Å². The highest BCUT2D eigenvalue weighted by Crippen LogP contribution is 2.33. The third-order valence-electron chi connectivity index (χ3n) is 8.54. The van der Waals surface area contributed by atoms with Crippen molar-refractivity contribution in [1.29, 1.82) is 0 Å². The number of aromatic nitrogens is 4. The van der Waals surface area contributed by atoms with Crippen molar-refractivity contribution >= 4 is 34.8 Å². The molecule has 0 spiro atoms. The minimum absolute atomic E-state index is 0.0167. The van der Waals surface area contributed by atoms with Gasteiger partial charge in [-0.2, -0.15) is 9.61 Å². The van der Waals surface area contributed by atoms with Crippen LogP contribution >= 0.6 is 0 Å². The van der Waals surface area contributed by atoms with Crippen LogP contribution in [0.3, 0.4) is 0 Å². The van der Waals surface area contributed by atoms with Crippen LogP contribution in [0.1, 0.15) is 25.3 Å². The standard InChI is InChI=1S/C31H35F2N9O3/c1-18-15-41(17-23(34)29(18)39(2)31(44)45-3)26-8-9-35-14-25(26)37-30-36-13-20-6-7-24(38-42(20)30)28-21(32)11-19(12-22(28)33)16-40-10-4-5-27(40)43/h6-9,11-14,18,23,29H,4-5,10,15-17,34H2,1-3H3,(H,36,37). The van der Waals surface area contributed by atoms with Gasteiger partial charge in [0.15, 0.2) is 0 Å². The monoisotopic (exact) mass is 619 g/mol. The number of rotatable bonds is 7. The fourth-order valence-electron chi connectivity index (χ4n) is 6.48. The number of halogens is 2. The van der Waals surface area contributed by atoms with E-state index in [1.54, 1.807) is 47.6 Å². The van der Waals surface area contributed by atoms with Crippen LogP contribution in [0, 0.1) is 17.6 Å². The molecule has 14 heteroatoms. The van der Waals surface area contributed by atoms with Crippen LogP contribution in [-0.4, -0.2) is 87.3 Å². The highest BCUT2D eigenvalue weighted by molar-refractivity contribution is 5.78. The van der Waals surface area contributed by atoms with Gasteiger partial charge in [-0.05, 0) is 48.2 Å². The predicted molar refractivity (Wildman–Crippen MR) is 164 cm³/mol. The van der Waals surface area contributed by atoms with Crippen molar-refractivity contribution in [1.82, 2.24) is 29.4 Å². The minimum atomic E-state index is -0.764. The molecule has 4 aromatic rings. The highest BCUT2D eigenvalue weighted by atomic mass is 19.1. The fourth-order valence-corrected chi connectivity index (χ4v) is 6.48. The van der Waals surface area contributed by atoms with Crippen LogP contribution in [0.15, 0.2) is 48.9 Å². The Morgan fingerprint density at radius 2 is 1.96 bits per heavy atom. The van der Waals surface area contributed by atoms with Crippen LogP contribution in [0.2, 0.25) is 0 Å². The van der Waals surface area contributed by atoms with Gasteiger partial charge in [-0.3, -0.25) is 9.78 Å². The van der Waals surface area contributed by atoms with Crippen molar-refractivity contribution in [3.05, 3.63) is 66.1 Å². The summed E-state index contributed by atoms with van der Waals surface area (Å²) in [6.45, 7) is 3.86. The number of hydrogen-bond donors (Lipinski definition) is 2. The molecule has 2 fully saturated rings. The number of carbonyl (C=O) groups is 2. The van der Waals surface area contributed by atoms with E-state index in [2.05, 4.69) is 25.3 Å². The molecule has 2 aliphatic rings. The number of likely N-dealkylation sites (N-methyl/N-ethyl adjacent to an activating group) is 1. The second kappa shape index (κ2) is 12.3. The van der Waals surface area contributed by atoms with Crippen LogP contribution in [0.5, 0.6) is 0 Å². The van der Waals surface area contributed by atoms with Crippen molar-refractivity contribution in [2.75, 3.05) is 44.0 Å². The Labute approximate surface area is 258 Å². The average molecular weight is 620 g/mol. The summed E-state index contributed by atoms with van der Waals surface area (Å²) < 4.78 is 37.0. The number of pyridine rings is 1. The molecular formula is C31H35F2N9O3. The third-order valence-corrected chi connectivity index (χ3v) is 8.54. The van der Waals surface area contributed by atoms with E-state index in [4.69, 9.17) is 10.5 Å². The minimum Gasteiger partial charge on any atom is -0.453 e. The Morgan fingerprint density at radius 1 is 1.18 bits per heavy atom. The summed E-state index contributed by atoms with van der Waals surface area (Å²) in [6.07, 6.45) is 5.70. The summed E-state index contributed by atoms with van der Waals surface area (Å²) in [4.78, 5) is 38.2. The first-order chi connectivity index (χ1) is 21.6. The maximum Gasteiger partial charge on any atom is 0.409 e. The Bertz CT molecular complexity index is 1710. The zero-order chi connectivity index (χ0) is 31.8. The number of nitrogens with two attached hydrogens (primary N) is 1. The molecule has 236 valence electrons. The number of likely N-dealkylation sites (tertiary alicyclic amines) is 1. The number of carbonyl (C=O) groups excluding carboxylic acids is 2. The first kappa shape index (κ1) is 30.2. The number of nitrogens with zero attached hydrogens (tertiary/aromatic N) is 7. The molecule has 2 aliphatic heterocycles. The van der Waals surface area contributed by atoms with Gasteiger partial charge in [-0.1, -0.05) is 6.92 Å². The van der Waals surface area contributed by atoms with Crippen molar-refractivity contribution in [2.45, 2.75) is 38.4 Å². The molecule has 12 nitrogen and oxygen atoms in total. The van der Waals surface area contributed by atoms with Gasteiger partial charge in [0, 0.05) is 51.9 Å². The number of imidazole rings is 1. The zero-order valence-corrected chi connectivity index (χ0v) is 25.3. The topological polar surface area (TPSA) is 134 Å². The van der Waals surface area contributed by atoms with Gasteiger partial charge in [0.25, 0.3) is 0 Å². The summed E-state index contributed by atoms with van der Waals surface area (Å²) in [5.74, 6) is -1.19. The van der Waals surface area contributed by atoms with Crippen LogP contribution in [0.25, 0.3) is 16.8 Å². The van der Waals surface area contributed by atoms with E-state index in [9.17, 15) is 9.59 Å². The first-order valence-electron chi connectivity index (χ1n) is 14.8. The Hall–Kier alpha value is -4.85. The number of amides is 2. The molecule has 45 heavy (non-hydrogen) atoms. The average Bonchev–Trinajstić information content (AvgIpc) is 3.61. The molecule has 3 N–H and O–H groups in total. The molecule has 3 unspecified atom stereocenters. The molecule has 6 rings (SSSR count). The molecule has 0 bridgehead atoms. The Morgan fingerprint density at radius 3 is 2.64 bits per heavy atom. The summed E-state index contributed by atoms with van der Waals surface area (Å²) in [7, 11) is 3.04.